The van der Waals surface area contributed by atoms with Crippen molar-refractivity contribution < 1.29 is 15.3 Å². The van der Waals surface area contributed by atoms with Crippen molar-refractivity contribution in [1.82, 2.24) is 5.32 Å². The molecular weight excluding hydrogens is 280 g/mol. The first kappa shape index (κ1) is 19.1. The van der Waals surface area contributed by atoms with Crippen molar-refractivity contribution >= 4 is 0 Å². The Hall–Kier alpha value is -0.980. The van der Waals surface area contributed by atoms with Crippen molar-refractivity contribution in [2.75, 3.05) is 6.54 Å². The van der Waals surface area contributed by atoms with E-state index in [1.165, 1.54) is 0 Å². The van der Waals surface area contributed by atoms with E-state index in [1.807, 2.05) is 12.1 Å². The number of aliphatic hydroxyl groups is 3. The lowest BCUT2D eigenvalue weighted by molar-refractivity contribution is 0.187. The molecule has 0 bridgehead atoms. The molecule has 6 N–H and O–H groups in total. The predicted molar refractivity (Wildman–Crippen MR) is 88.5 cm³/mol. The largest absolute Gasteiger partial charge is 0.393 e. The smallest absolute Gasteiger partial charge is 0.0636 e. The van der Waals surface area contributed by atoms with Gasteiger partial charge in [-0.15, -0.1) is 0 Å². The van der Waals surface area contributed by atoms with Crippen LogP contribution in [-0.2, 0) is 25.9 Å². The van der Waals surface area contributed by atoms with Gasteiger partial charge in [0.1, 0.15) is 0 Å². The highest BCUT2D eigenvalue weighted by atomic mass is 16.3. The molecule has 1 aromatic rings. The second kappa shape index (κ2) is 9.22. The average molecular weight is 310 g/mol. The fraction of sp³-hybridized carbons (Fsp3) is 0.647. The van der Waals surface area contributed by atoms with Crippen LogP contribution in [0.2, 0.25) is 0 Å². The molecule has 0 aliphatic carbocycles. The summed E-state index contributed by atoms with van der Waals surface area (Å²) in [5.41, 5.74) is 10.0. The van der Waals surface area contributed by atoms with Crippen LogP contribution in [0.1, 0.15) is 43.0 Å². The van der Waals surface area contributed by atoms with Crippen molar-refractivity contribution in [3.63, 3.8) is 0 Å². The molecule has 0 heterocycles. The molecule has 3 unspecified atom stereocenters. The quantitative estimate of drug-likeness (QED) is 0.456. The van der Waals surface area contributed by atoms with Crippen molar-refractivity contribution in [3.8, 4) is 0 Å². The summed E-state index contributed by atoms with van der Waals surface area (Å²) in [6.07, 6.45) is -0.231. The molecule has 0 spiro atoms. The molecule has 0 amide bonds. The Bertz CT molecular complexity index is 459. The Morgan fingerprint density at radius 1 is 0.909 bits per heavy atom. The Balaban J connectivity index is 3.14. The summed E-state index contributed by atoms with van der Waals surface area (Å²) in [7, 11) is 0. The van der Waals surface area contributed by atoms with E-state index in [9.17, 15) is 15.3 Å². The third kappa shape index (κ3) is 6.02. The highest BCUT2D eigenvalue weighted by Crippen LogP contribution is 2.23. The van der Waals surface area contributed by atoms with Crippen molar-refractivity contribution in [1.29, 1.82) is 0 Å². The molecule has 1 rings (SSSR count). The number of nitrogens with one attached hydrogen (secondary N) is 1. The summed E-state index contributed by atoms with van der Waals surface area (Å²) in [5.74, 6) is 0. The molecule has 0 saturated carbocycles. The molecule has 0 aliphatic rings. The van der Waals surface area contributed by atoms with Crippen LogP contribution in [0.25, 0.3) is 0 Å². The standard InChI is InChI=1S/C17H30N2O3/c1-11(20)6-14-4-5-15(8-18)17(10-19-9-13(3)22)16(14)7-12(2)21/h4-5,11-13,19-22H,6-10,18H2,1-3H3. The number of hydrogen-bond acceptors (Lipinski definition) is 5. The van der Waals surface area contributed by atoms with Crippen LogP contribution in [-0.4, -0.2) is 40.2 Å². The van der Waals surface area contributed by atoms with Crippen LogP contribution >= 0.6 is 0 Å². The van der Waals surface area contributed by atoms with Gasteiger partial charge in [0, 0.05) is 19.6 Å². The summed E-state index contributed by atoms with van der Waals surface area (Å²) >= 11 is 0. The molecule has 3 atom stereocenters. The fourth-order valence-electron chi connectivity index (χ4n) is 2.67. The van der Waals surface area contributed by atoms with Crippen LogP contribution in [0.3, 0.4) is 0 Å². The van der Waals surface area contributed by atoms with Gasteiger partial charge in [-0.3, -0.25) is 0 Å². The van der Waals surface area contributed by atoms with Gasteiger partial charge < -0.3 is 26.4 Å². The van der Waals surface area contributed by atoms with Gasteiger partial charge in [-0.2, -0.15) is 0 Å². The Morgan fingerprint density at radius 3 is 2.00 bits per heavy atom. The number of hydrogen-bond donors (Lipinski definition) is 5. The van der Waals surface area contributed by atoms with E-state index in [-0.39, 0.29) is 0 Å². The lowest BCUT2D eigenvalue weighted by Crippen LogP contribution is -2.26. The Morgan fingerprint density at radius 2 is 1.50 bits per heavy atom. The summed E-state index contributed by atoms with van der Waals surface area (Å²) in [4.78, 5) is 0. The van der Waals surface area contributed by atoms with Gasteiger partial charge >= 0.3 is 0 Å². The van der Waals surface area contributed by atoms with Crippen LogP contribution in [0.5, 0.6) is 0 Å². The van der Waals surface area contributed by atoms with Gasteiger partial charge in [0.2, 0.25) is 0 Å². The number of benzene rings is 1. The lowest BCUT2D eigenvalue weighted by Gasteiger charge is -2.21. The van der Waals surface area contributed by atoms with Gasteiger partial charge in [-0.25, -0.2) is 0 Å². The second-order valence-corrected chi connectivity index (χ2v) is 6.13. The lowest BCUT2D eigenvalue weighted by atomic mass is 9.89. The normalized spacial score (nSPS) is 15.6. The minimum atomic E-state index is -0.462. The number of aliphatic hydroxyl groups excluding tert-OH is 3. The highest BCUT2D eigenvalue weighted by molar-refractivity contribution is 5.42. The zero-order valence-corrected chi connectivity index (χ0v) is 13.8. The zero-order valence-electron chi connectivity index (χ0n) is 13.8. The molecule has 0 radical (unpaired) electrons. The van der Waals surface area contributed by atoms with E-state index in [2.05, 4.69) is 5.32 Å². The molecule has 0 saturated heterocycles. The maximum absolute atomic E-state index is 9.81. The molecule has 126 valence electrons. The summed E-state index contributed by atoms with van der Waals surface area (Å²) in [6, 6.07) is 3.98. The molecule has 0 fully saturated rings. The summed E-state index contributed by atoms with van der Waals surface area (Å²) in [6.45, 7) is 6.76. The summed E-state index contributed by atoms with van der Waals surface area (Å²) < 4.78 is 0. The van der Waals surface area contributed by atoms with Crippen LogP contribution in [0.15, 0.2) is 12.1 Å². The van der Waals surface area contributed by atoms with Crippen LogP contribution < -0.4 is 11.1 Å². The monoisotopic (exact) mass is 310 g/mol. The minimum Gasteiger partial charge on any atom is -0.393 e. The number of nitrogens with two attached hydrogens (primary N) is 1. The molecule has 22 heavy (non-hydrogen) atoms. The molecule has 0 aliphatic heterocycles. The number of rotatable bonds is 9. The first-order chi connectivity index (χ1) is 10.3. The van der Waals surface area contributed by atoms with E-state index in [0.717, 1.165) is 22.3 Å². The highest BCUT2D eigenvalue weighted by Gasteiger charge is 2.16. The van der Waals surface area contributed by atoms with Gasteiger partial charge in [-0.1, -0.05) is 12.1 Å². The minimum absolute atomic E-state index is 0.415. The van der Waals surface area contributed by atoms with Gasteiger partial charge in [0.25, 0.3) is 0 Å². The van der Waals surface area contributed by atoms with Gasteiger partial charge in [0.15, 0.2) is 0 Å². The molecular formula is C17H30N2O3. The van der Waals surface area contributed by atoms with Gasteiger partial charge in [0.05, 0.1) is 18.3 Å². The van der Waals surface area contributed by atoms with Gasteiger partial charge in [-0.05, 0) is 55.9 Å². The van der Waals surface area contributed by atoms with E-state index in [0.29, 0.717) is 32.5 Å². The third-order valence-corrected chi connectivity index (χ3v) is 3.60. The van der Waals surface area contributed by atoms with Crippen LogP contribution in [0.4, 0.5) is 0 Å². The van der Waals surface area contributed by atoms with Crippen molar-refractivity contribution in [2.45, 2.75) is 65.0 Å². The van der Waals surface area contributed by atoms with Crippen molar-refractivity contribution in [2.24, 2.45) is 5.73 Å². The Kier molecular flexibility index (Phi) is 8.00. The Labute approximate surface area is 133 Å². The molecule has 0 aromatic heterocycles. The summed E-state index contributed by atoms with van der Waals surface area (Å²) in [5, 5.41) is 32.1. The van der Waals surface area contributed by atoms with E-state index >= 15 is 0 Å². The SMILES string of the molecule is CC(O)CNCc1c(CN)ccc(CC(C)O)c1CC(C)O. The van der Waals surface area contributed by atoms with Crippen LogP contribution in [0, 0.1) is 0 Å². The van der Waals surface area contributed by atoms with Crippen molar-refractivity contribution in [3.05, 3.63) is 34.4 Å². The third-order valence-electron chi connectivity index (χ3n) is 3.60. The molecule has 5 nitrogen and oxygen atoms in total. The van der Waals surface area contributed by atoms with E-state index < -0.39 is 18.3 Å². The maximum Gasteiger partial charge on any atom is 0.0636 e. The first-order valence-corrected chi connectivity index (χ1v) is 7.92. The molecule has 5 heteroatoms. The fourth-order valence-corrected chi connectivity index (χ4v) is 2.67. The zero-order chi connectivity index (χ0) is 16.7. The maximum atomic E-state index is 9.81. The second-order valence-electron chi connectivity index (χ2n) is 6.13. The molecule has 1 aromatic carbocycles. The predicted octanol–water partition coefficient (Wildman–Crippen LogP) is 0.462. The van der Waals surface area contributed by atoms with E-state index in [4.69, 9.17) is 5.73 Å². The van der Waals surface area contributed by atoms with E-state index in [1.54, 1.807) is 20.8 Å². The average Bonchev–Trinajstić information content (AvgIpc) is 2.40. The topological polar surface area (TPSA) is 98.7 Å². The first-order valence-electron chi connectivity index (χ1n) is 7.92.